The van der Waals surface area contributed by atoms with Gasteiger partial charge in [-0.05, 0) is 18.8 Å². The van der Waals surface area contributed by atoms with Crippen molar-refractivity contribution in [3.8, 4) is 0 Å². The van der Waals surface area contributed by atoms with Crippen LogP contribution in [0.1, 0.15) is 33.6 Å². The normalized spacial score (nSPS) is 23.2. The van der Waals surface area contributed by atoms with Gasteiger partial charge in [0.25, 0.3) is 0 Å². The highest BCUT2D eigenvalue weighted by atomic mass is 16.4. The van der Waals surface area contributed by atoms with Crippen LogP contribution in [-0.2, 0) is 4.79 Å². The smallest absolute Gasteiger partial charge is 0.320 e. The lowest BCUT2D eigenvalue weighted by atomic mass is 9.99. The number of hydrogen-bond donors (Lipinski definition) is 1. The standard InChI is InChI=1S/C13H24N2O3/c1-4-6-14(7-5-2)13(18)15-8-10(3)11(9-15)12(16)17/h10-11H,4-9H2,1-3H3,(H,16,17). The molecule has 1 saturated heterocycles. The molecule has 2 unspecified atom stereocenters. The Morgan fingerprint density at radius 1 is 1.22 bits per heavy atom. The number of amides is 2. The third kappa shape index (κ3) is 3.37. The molecule has 2 atom stereocenters. The molecule has 0 saturated carbocycles. The summed E-state index contributed by atoms with van der Waals surface area (Å²) in [5.74, 6) is -1.18. The summed E-state index contributed by atoms with van der Waals surface area (Å²) in [6.07, 6.45) is 1.86. The average Bonchev–Trinajstić information content (AvgIpc) is 2.70. The van der Waals surface area contributed by atoms with Gasteiger partial charge in [0.05, 0.1) is 5.92 Å². The minimum absolute atomic E-state index is 0.00528. The average molecular weight is 256 g/mol. The largest absolute Gasteiger partial charge is 0.481 e. The first-order valence-corrected chi connectivity index (χ1v) is 6.77. The summed E-state index contributed by atoms with van der Waals surface area (Å²) in [5.41, 5.74) is 0. The van der Waals surface area contributed by atoms with Gasteiger partial charge in [0.15, 0.2) is 0 Å². The number of rotatable bonds is 5. The molecule has 104 valence electrons. The highest BCUT2D eigenvalue weighted by molar-refractivity contribution is 5.77. The second-order valence-electron chi connectivity index (χ2n) is 5.10. The van der Waals surface area contributed by atoms with E-state index in [-0.39, 0.29) is 11.9 Å². The van der Waals surface area contributed by atoms with Crippen molar-refractivity contribution in [2.24, 2.45) is 11.8 Å². The van der Waals surface area contributed by atoms with E-state index in [9.17, 15) is 9.59 Å². The second-order valence-corrected chi connectivity index (χ2v) is 5.10. The molecular formula is C13H24N2O3. The van der Waals surface area contributed by atoms with Crippen LogP contribution in [0.4, 0.5) is 4.79 Å². The molecule has 1 fully saturated rings. The van der Waals surface area contributed by atoms with Gasteiger partial charge in [0, 0.05) is 26.2 Å². The fourth-order valence-corrected chi connectivity index (χ4v) is 2.49. The van der Waals surface area contributed by atoms with Crippen molar-refractivity contribution in [2.75, 3.05) is 26.2 Å². The molecule has 0 aromatic heterocycles. The van der Waals surface area contributed by atoms with Gasteiger partial charge in [-0.2, -0.15) is 0 Å². The van der Waals surface area contributed by atoms with Crippen molar-refractivity contribution in [1.82, 2.24) is 9.80 Å². The lowest BCUT2D eigenvalue weighted by molar-refractivity contribution is -0.142. The van der Waals surface area contributed by atoms with E-state index in [1.165, 1.54) is 0 Å². The van der Waals surface area contributed by atoms with Gasteiger partial charge in [-0.1, -0.05) is 20.8 Å². The summed E-state index contributed by atoms with van der Waals surface area (Å²) in [6.45, 7) is 8.38. The Kier molecular flexibility index (Phi) is 5.44. The van der Waals surface area contributed by atoms with Crippen LogP contribution < -0.4 is 0 Å². The molecule has 5 nitrogen and oxygen atoms in total. The highest BCUT2D eigenvalue weighted by Crippen LogP contribution is 2.24. The summed E-state index contributed by atoms with van der Waals surface area (Å²) in [4.78, 5) is 26.9. The maximum atomic E-state index is 12.3. The SMILES string of the molecule is CCCN(CCC)C(=O)N1CC(C)C(C(=O)O)C1. The number of hydrogen-bond acceptors (Lipinski definition) is 2. The fourth-order valence-electron chi connectivity index (χ4n) is 2.49. The molecule has 0 aromatic carbocycles. The Hall–Kier alpha value is -1.26. The molecule has 1 aliphatic rings. The zero-order valence-corrected chi connectivity index (χ0v) is 11.6. The van der Waals surface area contributed by atoms with Gasteiger partial charge < -0.3 is 14.9 Å². The Balaban J connectivity index is 2.64. The molecule has 5 heteroatoms. The van der Waals surface area contributed by atoms with Gasteiger partial charge in [-0.3, -0.25) is 4.79 Å². The second kappa shape index (κ2) is 6.61. The fraction of sp³-hybridized carbons (Fsp3) is 0.846. The Morgan fingerprint density at radius 2 is 1.78 bits per heavy atom. The summed E-state index contributed by atoms with van der Waals surface area (Å²) >= 11 is 0. The zero-order valence-electron chi connectivity index (χ0n) is 11.6. The van der Waals surface area contributed by atoms with Crippen LogP contribution in [0, 0.1) is 11.8 Å². The number of carboxylic acid groups (broad SMARTS) is 1. The van der Waals surface area contributed by atoms with Crippen LogP contribution in [0.5, 0.6) is 0 Å². The van der Waals surface area contributed by atoms with Gasteiger partial charge in [0.2, 0.25) is 0 Å². The molecule has 18 heavy (non-hydrogen) atoms. The van der Waals surface area contributed by atoms with Gasteiger partial charge in [-0.25, -0.2) is 4.79 Å². The Morgan fingerprint density at radius 3 is 2.17 bits per heavy atom. The van der Waals surface area contributed by atoms with E-state index in [0.29, 0.717) is 13.1 Å². The molecule has 0 aromatic rings. The first-order valence-electron chi connectivity index (χ1n) is 6.77. The lowest BCUT2D eigenvalue weighted by Gasteiger charge is -2.27. The topological polar surface area (TPSA) is 60.9 Å². The van der Waals surface area contributed by atoms with Crippen molar-refractivity contribution in [3.63, 3.8) is 0 Å². The van der Waals surface area contributed by atoms with Crippen LogP contribution in [-0.4, -0.2) is 53.1 Å². The maximum absolute atomic E-state index is 12.3. The van der Waals surface area contributed by atoms with Gasteiger partial charge in [0.1, 0.15) is 0 Å². The Labute approximate surface area is 109 Å². The van der Waals surface area contributed by atoms with E-state index < -0.39 is 11.9 Å². The third-order valence-electron chi connectivity index (χ3n) is 3.46. The van der Waals surface area contributed by atoms with Gasteiger partial charge >= 0.3 is 12.0 Å². The molecular weight excluding hydrogens is 232 g/mol. The molecule has 0 aliphatic carbocycles. The summed E-state index contributed by atoms with van der Waals surface area (Å²) in [7, 11) is 0. The van der Waals surface area contributed by atoms with E-state index in [1.54, 1.807) is 4.90 Å². The molecule has 1 aliphatic heterocycles. The minimum atomic E-state index is -0.796. The first-order chi connectivity index (χ1) is 8.51. The van der Waals surface area contributed by atoms with Crippen LogP contribution in [0.25, 0.3) is 0 Å². The molecule has 0 radical (unpaired) electrons. The van der Waals surface area contributed by atoms with E-state index in [2.05, 4.69) is 0 Å². The highest BCUT2D eigenvalue weighted by Gasteiger charge is 2.38. The summed E-state index contributed by atoms with van der Waals surface area (Å²) < 4.78 is 0. The van der Waals surface area contributed by atoms with Crippen LogP contribution in [0.15, 0.2) is 0 Å². The minimum Gasteiger partial charge on any atom is -0.481 e. The number of nitrogens with zero attached hydrogens (tertiary/aromatic N) is 2. The lowest BCUT2D eigenvalue weighted by Crippen LogP contribution is -2.43. The number of likely N-dealkylation sites (tertiary alicyclic amines) is 1. The van der Waals surface area contributed by atoms with E-state index in [0.717, 1.165) is 25.9 Å². The van der Waals surface area contributed by atoms with Crippen molar-refractivity contribution < 1.29 is 14.7 Å². The molecule has 0 spiro atoms. The number of carbonyl (C=O) groups excluding carboxylic acids is 1. The molecule has 1 heterocycles. The number of aliphatic carboxylic acids is 1. The van der Waals surface area contributed by atoms with Crippen LogP contribution >= 0.6 is 0 Å². The van der Waals surface area contributed by atoms with Crippen LogP contribution in [0.2, 0.25) is 0 Å². The van der Waals surface area contributed by atoms with Crippen molar-refractivity contribution in [3.05, 3.63) is 0 Å². The third-order valence-corrected chi connectivity index (χ3v) is 3.46. The number of carboxylic acids is 1. The Bertz CT molecular complexity index is 301. The first kappa shape index (κ1) is 14.8. The van der Waals surface area contributed by atoms with Crippen molar-refractivity contribution >= 4 is 12.0 Å². The zero-order chi connectivity index (χ0) is 13.7. The molecule has 1 N–H and O–H groups in total. The molecule has 1 rings (SSSR count). The molecule has 0 bridgehead atoms. The summed E-state index contributed by atoms with van der Waals surface area (Å²) in [6, 6.07) is -0.00528. The molecule has 2 amide bonds. The predicted molar refractivity (Wildman–Crippen MR) is 69.4 cm³/mol. The maximum Gasteiger partial charge on any atom is 0.320 e. The predicted octanol–water partition coefficient (Wildman–Crippen LogP) is 1.88. The number of carbonyl (C=O) groups is 2. The van der Waals surface area contributed by atoms with E-state index in [4.69, 9.17) is 5.11 Å². The van der Waals surface area contributed by atoms with E-state index in [1.807, 2.05) is 25.7 Å². The summed E-state index contributed by atoms with van der Waals surface area (Å²) in [5, 5.41) is 9.08. The monoisotopic (exact) mass is 256 g/mol. The van der Waals surface area contributed by atoms with Crippen LogP contribution in [0.3, 0.4) is 0 Å². The van der Waals surface area contributed by atoms with E-state index >= 15 is 0 Å². The quantitative estimate of drug-likeness (QED) is 0.817. The van der Waals surface area contributed by atoms with Gasteiger partial charge in [-0.15, -0.1) is 0 Å². The van der Waals surface area contributed by atoms with Crippen molar-refractivity contribution in [1.29, 1.82) is 0 Å². The number of urea groups is 1. The van der Waals surface area contributed by atoms with Crippen molar-refractivity contribution in [2.45, 2.75) is 33.6 Å².